The molecule has 0 aliphatic heterocycles. The zero-order valence-electron chi connectivity index (χ0n) is 21.1. The Balaban J connectivity index is 1.77. The second-order valence-corrected chi connectivity index (χ2v) is 9.78. The number of amides is 1. The van der Waals surface area contributed by atoms with Crippen molar-refractivity contribution >= 4 is 23.2 Å². The Kier molecular flexibility index (Phi) is 9.20. The molecule has 1 fully saturated rings. The summed E-state index contributed by atoms with van der Waals surface area (Å²) in [5.74, 6) is 0.405. The van der Waals surface area contributed by atoms with Gasteiger partial charge in [-0.1, -0.05) is 11.6 Å². The van der Waals surface area contributed by atoms with Gasteiger partial charge in [-0.25, -0.2) is 0 Å². The Bertz CT molecular complexity index is 1060. The van der Waals surface area contributed by atoms with Crippen LogP contribution < -0.4 is 15.8 Å². The number of halogens is 1. The smallest absolute Gasteiger partial charge is 0.253 e. The van der Waals surface area contributed by atoms with Crippen LogP contribution in [0.5, 0.6) is 0 Å². The highest BCUT2D eigenvalue weighted by atomic mass is 35.5. The number of ether oxygens (including phenoxy) is 1. The van der Waals surface area contributed by atoms with Gasteiger partial charge in [0.05, 0.1) is 0 Å². The van der Waals surface area contributed by atoms with Crippen molar-refractivity contribution in [1.82, 2.24) is 10.3 Å². The zero-order chi connectivity index (χ0) is 24.8. The summed E-state index contributed by atoms with van der Waals surface area (Å²) >= 11 is 6.49. The van der Waals surface area contributed by atoms with Crippen molar-refractivity contribution in [1.29, 1.82) is 0 Å². The summed E-state index contributed by atoms with van der Waals surface area (Å²) in [6.45, 7) is 12.5. The van der Waals surface area contributed by atoms with E-state index >= 15 is 0 Å². The number of anilines is 1. The molecule has 1 aromatic heterocycles. The molecule has 6 nitrogen and oxygen atoms in total. The fraction of sp³-hybridized carbons (Fsp3) is 0.556. The molecule has 1 aliphatic carbocycles. The number of aromatic amines is 1. The third-order valence-corrected chi connectivity index (χ3v) is 7.19. The fourth-order valence-electron chi connectivity index (χ4n) is 5.10. The topological polar surface area (TPSA) is 74.4 Å². The molecule has 1 amide bonds. The number of hydrogen-bond donors (Lipinski definition) is 2. The number of nitrogens with one attached hydrogen (secondary N) is 2. The van der Waals surface area contributed by atoms with E-state index in [0.717, 1.165) is 68.0 Å². The van der Waals surface area contributed by atoms with Gasteiger partial charge in [0.15, 0.2) is 0 Å². The lowest BCUT2D eigenvalue weighted by Gasteiger charge is -2.39. The van der Waals surface area contributed by atoms with E-state index in [2.05, 4.69) is 22.1 Å². The largest absolute Gasteiger partial charge is 0.381 e. The number of rotatable bonds is 9. The Morgan fingerprint density at radius 1 is 1.15 bits per heavy atom. The van der Waals surface area contributed by atoms with Crippen molar-refractivity contribution in [2.24, 2.45) is 5.92 Å². The van der Waals surface area contributed by atoms with Gasteiger partial charge in [0, 0.05) is 59.9 Å². The third kappa shape index (κ3) is 6.22. The zero-order valence-corrected chi connectivity index (χ0v) is 21.8. The molecule has 1 aromatic carbocycles. The first-order valence-corrected chi connectivity index (χ1v) is 12.7. The number of pyridine rings is 1. The van der Waals surface area contributed by atoms with E-state index in [4.69, 9.17) is 16.3 Å². The number of nitrogens with zero attached hydrogens (tertiary/aromatic N) is 1. The van der Waals surface area contributed by atoms with Crippen LogP contribution in [0.25, 0.3) is 0 Å². The molecule has 2 aromatic rings. The first-order valence-electron chi connectivity index (χ1n) is 12.4. The second kappa shape index (κ2) is 11.9. The van der Waals surface area contributed by atoms with Crippen LogP contribution in [0.2, 0.25) is 5.02 Å². The Morgan fingerprint density at radius 2 is 1.85 bits per heavy atom. The summed E-state index contributed by atoms with van der Waals surface area (Å²) in [5, 5.41) is 3.46. The van der Waals surface area contributed by atoms with Crippen molar-refractivity contribution in [2.75, 3.05) is 24.7 Å². The Hall–Kier alpha value is -2.31. The van der Waals surface area contributed by atoms with E-state index in [1.807, 2.05) is 39.8 Å². The molecular weight excluding hydrogens is 450 g/mol. The molecule has 0 bridgehead atoms. The molecule has 34 heavy (non-hydrogen) atoms. The number of H-pyrrole nitrogens is 1. The van der Waals surface area contributed by atoms with Gasteiger partial charge >= 0.3 is 0 Å². The lowest BCUT2D eigenvalue weighted by atomic mass is 9.85. The molecule has 1 aliphatic rings. The summed E-state index contributed by atoms with van der Waals surface area (Å²) in [6.07, 6.45) is 4.51. The monoisotopic (exact) mass is 487 g/mol. The number of hydrogen-bond acceptors (Lipinski definition) is 4. The highest BCUT2D eigenvalue weighted by molar-refractivity contribution is 6.31. The number of benzene rings is 1. The first kappa shape index (κ1) is 26.3. The van der Waals surface area contributed by atoms with Crippen LogP contribution in [0, 0.1) is 26.7 Å². The second-order valence-electron chi connectivity index (χ2n) is 9.34. The molecule has 0 saturated heterocycles. The van der Waals surface area contributed by atoms with Gasteiger partial charge in [-0.3, -0.25) is 9.59 Å². The predicted molar refractivity (Wildman–Crippen MR) is 139 cm³/mol. The van der Waals surface area contributed by atoms with Crippen LogP contribution in [-0.4, -0.2) is 36.7 Å². The van der Waals surface area contributed by atoms with Gasteiger partial charge < -0.3 is 19.9 Å². The van der Waals surface area contributed by atoms with E-state index in [0.29, 0.717) is 28.1 Å². The minimum atomic E-state index is -0.225. The first-order chi connectivity index (χ1) is 16.2. The minimum Gasteiger partial charge on any atom is -0.381 e. The van der Waals surface area contributed by atoms with Crippen LogP contribution in [0.4, 0.5) is 5.69 Å². The summed E-state index contributed by atoms with van der Waals surface area (Å²) in [6, 6.07) is 6.02. The van der Waals surface area contributed by atoms with E-state index in [9.17, 15) is 9.59 Å². The van der Waals surface area contributed by atoms with Crippen molar-refractivity contribution in [3.05, 3.63) is 61.5 Å². The maximum atomic E-state index is 13.1. The molecule has 1 heterocycles. The van der Waals surface area contributed by atoms with Gasteiger partial charge in [0.1, 0.15) is 0 Å². The summed E-state index contributed by atoms with van der Waals surface area (Å²) in [7, 11) is 0. The van der Waals surface area contributed by atoms with Crippen LogP contribution in [-0.2, 0) is 11.3 Å². The van der Waals surface area contributed by atoms with Crippen LogP contribution >= 0.6 is 11.6 Å². The number of carbonyl (C=O) groups excluding carboxylic acids is 1. The van der Waals surface area contributed by atoms with Crippen molar-refractivity contribution in [3.8, 4) is 0 Å². The van der Waals surface area contributed by atoms with E-state index < -0.39 is 0 Å². The average molecular weight is 488 g/mol. The Morgan fingerprint density at radius 3 is 2.47 bits per heavy atom. The SMILES string of the molecule is CCOCC1CCC(N(CC)c2cc(Cl)cc(C(=O)NCc3c(C)cc(C)[nH]c3=O)c2C)CC1. The van der Waals surface area contributed by atoms with Crippen LogP contribution in [0.1, 0.15) is 72.3 Å². The highest BCUT2D eigenvalue weighted by Gasteiger charge is 2.27. The van der Waals surface area contributed by atoms with Gasteiger partial charge in [0.2, 0.25) is 0 Å². The fourth-order valence-corrected chi connectivity index (χ4v) is 5.31. The van der Waals surface area contributed by atoms with E-state index in [1.54, 1.807) is 6.07 Å². The maximum absolute atomic E-state index is 13.1. The molecule has 0 atom stereocenters. The van der Waals surface area contributed by atoms with Crippen LogP contribution in [0.3, 0.4) is 0 Å². The normalized spacial score (nSPS) is 18.1. The third-order valence-electron chi connectivity index (χ3n) is 6.97. The quantitative estimate of drug-likeness (QED) is 0.503. The highest BCUT2D eigenvalue weighted by Crippen LogP contribution is 2.35. The summed E-state index contributed by atoms with van der Waals surface area (Å²) < 4.78 is 5.63. The predicted octanol–water partition coefficient (Wildman–Crippen LogP) is 5.31. The molecule has 186 valence electrons. The molecule has 0 radical (unpaired) electrons. The molecule has 7 heteroatoms. The van der Waals surface area contributed by atoms with Gasteiger partial charge in [0.25, 0.3) is 11.5 Å². The molecule has 1 saturated carbocycles. The van der Waals surface area contributed by atoms with Gasteiger partial charge in [-0.05, 0) is 95.5 Å². The molecular formula is C27H38ClN3O3. The standard InChI is InChI=1S/C27H38ClN3O3/c1-6-31(22-10-8-20(9-11-22)16-34-7-2)25-14-21(28)13-23(19(25)5)26(32)29-15-24-17(3)12-18(4)30-27(24)33/h12-14,20,22H,6-11,15-16H2,1-5H3,(H,29,32)(H,30,33). The summed E-state index contributed by atoms with van der Waals surface area (Å²) in [4.78, 5) is 30.7. The minimum absolute atomic E-state index is 0.168. The molecule has 2 N–H and O–H groups in total. The van der Waals surface area contributed by atoms with Gasteiger partial charge in [-0.15, -0.1) is 0 Å². The molecule has 0 spiro atoms. The van der Waals surface area contributed by atoms with Crippen molar-refractivity contribution in [2.45, 2.75) is 72.9 Å². The maximum Gasteiger partial charge on any atom is 0.253 e. The van der Waals surface area contributed by atoms with Crippen molar-refractivity contribution in [3.63, 3.8) is 0 Å². The Labute approximate surface area is 208 Å². The lowest BCUT2D eigenvalue weighted by molar-refractivity contribution is 0.0917. The number of aryl methyl sites for hydroxylation is 2. The summed E-state index contributed by atoms with van der Waals surface area (Å²) in [5.41, 5.74) is 4.54. The molecule has 3 rings (SSSR count). The lowest BCUT2D eigenvalue weighted by Crippen LogP contribution is -2.39. The van der Waals surface area contributed by atoms with Crippen molar-refractivity contribution < 1.29 is 9.53 Å². The number of aromatic nitrogens is 1. The number of carbonyl (C=O) groups is 1. The van der Waals surface area contributed by atoms with Gasteiger partial charge in [-0.2, -0.15) is 0 Å². The molecule has 0 unspecified atom stereocenters. The van der Waals surface area contributed by atoms with E-state index in [-0.39, 0.29) is 18.0 Å². The average Bonchev–Trinajstić information content (AvgIpc) is 2.80. The van der Waals surface area contributed by atoms with Crippen LogP contribution in [0.15, 0.2) is 23.0 Å². The van der Waals surface area contributed by atoms with E-state index in [1.165, 1.54) is 0 Å².